The highest BCUT2D eigenvalue weighted by Gasteiger charge is 2.03. The van der Waals surface area contributed by atoms with Crippen LogP contribution in [0.25, 0.3) is 0 Å². The predicted octanol–water partition coefficient (Wildman–Crippen LogP) is 2.89. The van der Waals surface area contributed by atoms with Gasteiger partial charge in [-0.3, -0.25) is 0 Å². The van der Waals surface area contributed by atoms with Crippen molar-refractivity contribution in [1.82, 2.24) is 9.36 Å². The van der Waals surface area contributed by atoms with Crippen molar-refractivity contribution in [3.05, 3.63) is 41.2 Å². The van der Waals surface area contributed by atoms with Crippen LogP contribution in [0.5, 0.6) is 0 Å². The Hall–Kier alpha value is -0.910. The van der Waals surface area contributed by atoms with E-state index < -0.39 is 0 Å². The monoisotopic (exact) mass is 266 g/mol. The van der Waals surface area contributed by atoms with Crippen LogP contribution >= 0.6 is 23.3 Å². The first-order valence-corrected chi connectivity index (χ1v) is 7.21. The molecular formula is C12H14N2OS2. The Bertz CT molecular complexity index is 468. The first kappa shape index (κ1) is 12.5. The van der Waals surface area contributed by atoms with Crippen molar-refractivity contribution in [2.75, 3.05) is 0 Å². The number of hydrogen-bond acceptors (Lipinski definition) is 5. The third-order valence-corrected chi connectivity index (χ3v) is 4.28. The maximum atomic E-state index is 8.94. The average Bonchev–Trinajstić information content (AvgIpc) is 2.85. The molecule has 0 saturated heterocycles. The summed E-state index contributed by atoms with van der Waals surface area (Å²) in [6, 6.07) is 7.99. The van der Waals surface area contributed by atoms with Crippen molar-refractivity contribution in [3.8, 4) is 0 Å². The Morgan fingerprint density at radius 2 is 1.94 bits per heavy atom. The van der Waals surface area contributed by atoms with Crippen LogP contribution < -0.4 is 0 Å². The van der Waals surface area contributed by atoms with Gasteiger partial charge in [-0.2, -0.15) is 4.37 Å². The summed E-state index contributed by atoms with van der Waals surface area (Å²) in [6.07, 6.45) is 0.891. The summed E-state index contributed by atoms with van der Waals surface area (Å²) < 4.78 is 5.27. The standard InChI is InChI=1S/C12H14N2OS2/c1-2-11-13-12(17-14-11)16-8-10-5-3-9(7-15)4-6-10/h3-6,15H,2,7-8H2,1H3. The molecule has 0 aliphatic carbocycles. The molecule has 3 nitrogen and oxygen atoms in total. The van der Waals surface area contributed by atoms with Crippen LogP contribution in [0.3, 0.4) is 0 Å². The Labute approximate surface area is 109 Å². The number of aromatic nitrogens is 2. The topological polar surface area (TPSA) is 46.0 Å². The summed E-state index contributed by atoms with van der Waals surface area (Å²) in [5.41, 5.74) is 2.18. The third kappa shape index (κ3) is 3.52. The van der Waals surface area contributed by atoms with Gasteiger partial charge in [0, 0.05) is 12.2 Å². The Balaban J connectivity index is 1.92. The van der Waals surface area contributed by atoms with E-state index in [0.717, 1.165) is 27.9 Å². The van der Waals surface area contributed by atoms with Gasteiger partial charge in [-0.05, 0) is 22.7 Å². The van der Waals surface area contributed by atoms with Crippen molar-refractivity contribution in [1.29, 1.82) is 0 Å². The molecule has 0 aliphatic heterocycles. The summed E-state index contributed by atoms with van der Waals surface area (Å²) in [5, 5.41) is 8.94. The van der Waals surface area contributed by atoms with Gasteiger partial charge in [0.05, 0.1) is 6.61 Å². The Kier molecular flexibility index (Phi) is 4.53. The van der Waals surface area contributed by atoms with Gasteiger partial charge in [0.25, 0.3) is 0 Å². The first-order valence-electron chi connectivity index (χ1n) is 5.46. The summed E-state index contributed by atoms with van der Waals surface area (Å²) in [4.78, 5) is 4.41. The fourth-order valence-electron chi connectivity index (χ4n) is 1.33. The zero-order valence-corrected chi connectivity index (χ0v) is 11.2. The number of thioether (sulfide) groups is 1. The van der Waals surface area contributed by atoms with E-state index in [9.17, 15) is 0 Å². The van der Waals surface area contributed by atoms with E-state index in [1.807, 2.05) is 24.3 Å². The Morgan fingerprint density at radius 1 is 1.24 bits per heavy atom. The second-order valence-corrected chi connectivity index (χ2v) is 5.57. The minimum Gasteiger partial charge on any atom is -0.392 e. The van der Waals surface area contributed by atoms with Gasteiger partial charge in [0.15, 0.2) is 4.34 Å². The first-order chi connectivity index (χ1) is 8.31. The van der Waals surface area contributed by atoms with Gasteiger partial charge in [-0.15, -0.1) is 0 Å². The highest BCUT2D eigenvalue weighted by Crippen LogP contribution is 2.24. The molecule has 0 bridgehead atoms. The normalized spacial score (nSPS) is 10.7. The largest absolute Gasteiger partial charge is 0.392 e. The molecule has 0 unspecified atom stereocenters. The number of aryl methyl sites for hydroxylation is 1. The third-order valence-electron chi connectivity index (χ3n) is 2.33. The van der Waals surface area contributed by atoms with Gasteiger partial charge < -0.3 is 5.11 Å². The molecule has 0 amide bonds. The lowest BCUT2D eigenvalue weighted by molar-refractivity contribution is 0.282. The number of aliphatic hydroxyl groups excluding tert-OH is 1. The molecular weight excluding hydrogens is 252 g/mol. The van der Waals surface area contributed by atoms with Crippen molar-refractivity contribution < 1.29 is 5.11 Å². The van der Waals surface area contributed by atoms with E-state index in [2.05, 4.69) is 16.3 Å². The van der Waals surface area contributed by atoms with Crippen LogP contribution in [0.4, 0.5) is 0 Å². The highest BCUT2D eigenvalue weighted by molar-refractivity contribution is 8.00. The molecule has 0 spiro atoms. The summed E-state index contributed by atoms with van der Waals surface area (Å²) >= 11 is 3.17. The van der Waals surface area contributed by atoms with Gasteiger partial charge in [0.1, 0.15) is 5.82 Å². The van der Waals surface area contributed by atoms with Crippen molar-refractivity contribution >= 4 is 23.3 Å². The fraction of sp³-hybridized carbons (Fsp3) is 0.333. The Morgan fingerprint density at radius 3 is 2.53 bits per heavy atom. The van der Waals surface area contributed by atoms with Crippen LogP contribution in [0.15, 0.2) is 28.6 Å². The van der Waals surface area contributed by atoms with E-state index in [1.165, 1.54) is 17.1 Å². The minimum absolute atomic E-state index is 0.101. The molecule has 5 heteroatoms. The molecule has 1 heterocycles. The molecule has 1 aromatic heterocycles. The lowest BCUT2D eigenvalue weighted by Crippen LogP contribution is -1.85. The second-order valence-electron chi connectivity index (χ2n) is 3.59. The average molecular weight is 266 g/mol. The molecule has 0 saturated carbocycles. The summed E-state index contributed by atoms with van der Waals surface area (Å²) in [6.45, 7) is 2.16. The smallest absolute Gasteiger partial charge is 0.170 e. The number of rotatable bonds is 5. The van der Waals surface area contributed by atoms with Crippen LogP contribution in [0, 0.1) is 0 Å². The number of benzene rings is 1. The number of nitrogens with zero attached hydrogens (tertiary/aromatic N) is 2. The molecule has 0 aliphatic rings. The molecule has 17 heavy (non-hydrogen) atoms. The number of hydrogen-bond donors (Lipinski definition) is 1. The van der Waals surface area contributed by atoms with Gasteiger partial charge in [-0.1, -0.05) is 43.0 Å². The minimum atomic E-state index is 0.101. The zero-order valence-electron chi connectivity index (χ0n) is 9.59. The van der Waals surface area contributed by atoms with E-state index >= 15 is 0 Å². The lowest BCUT2D eigenvalue weighted by Gasteiger charge is -2.00. The maximum Gasteiger partial charge on any atom is 0.170 e. The van der Waals surface area contributed by atoms with Crippen molar-refractivity contribution in [2.24, 2.45) is 0 Å². The van der Waals surface area contributed by atoms with Crippen LogP contribution in [0.2, 0.25) is 0 Å². The van der Waals surface area contributed by atoms with Gasteiger partial charge >= 0.3 is 0 Å². The number of aliphatic hydroxyl groups is 1. The molecule has 0 atom stereocenters. The van der Waals surface area contributed by atoms with Crippen molar-refractivity contribution in [3.63, 3.8) is 0 Å². The maximum absolute atomic E-state index is 8.94. The van der Waals surface area contributed by atoms with Crippen LogP contribution in [-0.2, 0) is 18.8 Å². The van der Waals surface area contributed by atoms with Gasteiger partial charge in [0.2, 0.25) is 0 Å². The molecule has 0 radical (unpaired) electrons. The summed E-state index contributed by atoms with van der Waals surface area (Å²) in [5.74, 6) is 1.82. The molecule has 2 aromatic rings. The lowest BCUT2D eigenvalue weighted by atomic mass is 10.2. The molecule has 1 aromatic carbocycles. The van der Waals surface area contributed by atoms with Gasteiger partial charge in [-0.25, -0.2) is 4.98 Å². The molecule has 1 N–H and O–H groups in total. The highest BCUT2D eigenvalue weighted by atomic mass is 32.2. The van der Waals surface area contributed by atoms with E-state index in [-0.39, 0.29) is 6.61 Å². The summed E-state index contributed by atoms with van der Waals surface area (Å²) in [7, 11) is 0. The van der Waals surface area contributed by atoms with Crippen LogP contribution in [0.1, 0.15) is 23.9 Å². The zero-order chi connectivity index (χ0) is 12.1. The molecule has 0 fully saturated rings. The fourth-order valence-corrected chi connectivity index (χ4v) is 2.98. The van der Waals surface area contributed by atoms with E-state index in [0.29, 0.717) is 0 Å². The van der Waals surface area contributed by atoms with E-state index in [4.69, 9.17) is 5.11 Å². The van der Waals surface area contributed by atoms with Crippen LogP contribution in [-0.4, -0.2) is 14.5 Å². The van der Waals surface area contributed by atoms with Crippen molar-refractivity contribution in [2.45, 2.75) is 30.0 Å². The molecule has 90 valence electrons. The molecule has 2 rings (SSSR count). The SMILES string of the molecule is CCc1nsc(SCc2ccc(CO)cc2)n1. The predicted molar refractivity (Wildman–Crippen MR) is 71.2 cm³/mol. The quantitative estimate of drug-likeness (QED) is 0.845. The van der Waals surface area contributed by atoms with E-state index in [1.54, 1.807) is 11.8 Å². The second kappa shape index (κ2) is 6.14.